The first-order valence-electron chi connectivity index (χ1n) is 8.21. The first kappa shape index (κ1) is 19.3. The van der Waals surface area contributed by atoms with Gasteiger partial charge >= 0.3 is 0 Å². The Bertz CT molecular complexity index is 1010. The van der Waals surface area contributed by atoms with Crippen LogP contribution in [0.5, 0.6) is 0 Å². The van der Waals surface area contributed by atoms with Gasteiger partial charge < -0.3 is 10.6 Å². The molecule has 0 aliphatic carbocycles. The summed E-state index contributed by atoms with van der Waals surface area (Å²) in [6.45, 7) is 0.309. The maximum atomic E-state index is 13.7. The number of aromatic nitrogens is 2. The maximum Gasteiger partial charge on any atom is 0.274 e. The highest BCUT2D eigenvalue weighted by molar-refractivity contribution is 6.03. The lowest BCUT2D eigenvalue weighted by Crippen LogP contribution is -2.17. The number of benzene rings is 2. The van der Waals surface area contributed by atoms with Crippen molar-refractivity contribution in [1.82, 2.24) is 9.97 Å². The number of amides is 1. The van der Waals surface area contributed by atoms with Crippen molar-refractivity contribution in [1.29, 1.82) is 0 Å². The van der Waals surface area contributed by atoms with Crippen LogP contribution in [-0.2, 0) is 6.42 Å². The second-order valence-electron chi connectivity index (χ2n) is 5.71. The number of nitrogens with one attached hydrogen (secondary N) is 2. The van der Waals surface area contributed by atoms with Gasteiger partial charge in [0.05, 0.1) is 5.69 Å². The van der Waals surface area contributed by atoms with E-state index in [4.69, 9.17) is 0 Å². The van der Waals surface area contributed by atoms with Gasteiger partial charge in [-0.15, -0.1) is 0 Å². The van der Waals surface area contributed by atoms with Crippen LogP contribution >= 0.6 is 0 Å². The third-order valence-corrected chi connectivity index (χ3v) is 3.81. The van der Waals surface area contributed by atoms with Gasteiger partial charge in [-0.1, -0.05) is 18.2 Å². The van der Waals surface area contributed by atoms with Crippen LogP contribution in [0.4, 0.5) is 29.2 Å². The van der Waals surface area contributed by atoms with Gasteiger partial charge in [-0.2, -0.15) is 0 Å². The van der Waals surface area contributed by atoms with E-state index in [0.29, 0.717) is 24.6 Å². The predicted molar refractivity (Wildman–Crippen MR) is 94.9 cm³/mol. The molecule has 28 heavy (non-hydrogen) atoms. The number of rotatable bonds is 6. The third-order valence-electron chi connectivity index (χ3n) is 3.81. The number of hydrogen-bond donors (Lipinski definition) is 2. The molecule has 2 N–H and O–H groups in total. The van der Waals surface area contributed by atoms with E-state index < -0.39 is 29.0 Å². The fourth-order valence-corrected chi connectivity index (χ4v) is 2.39. The van der Waals surface area contributed by atoms with Gasteiger partial charge in [0.25, 0.3) is 5.91 Å². The van der Waals surface area contributed by atoms with Crippen molar-refractivity contribution in [3.63, 3.8) is 0 Å². The minimum Gasteiger partial charge on any atom is -0.354 e. The minimum absolute atomic E-state index is 0.106. The van der Waals surface area contributed by atoms with E-state index >= 15 is 0 Å². The molecular formula is C19H14F4N4O. The second kappa shape index (κ2) is 8.47. The van der Waals surface area contributed by atoms with Gasteiger partial charge in [-0.25, -0.2) is 27.5 Å². The van der Waals surface area contributed by atoms with Crippen molar-refractivity contribution in [2.24, 2.45) is 0 Å². The van der Waals surface area contributed by atoms with Crippen LogP contribution in [-0.4, -0.2) is 22.4 Å². The Hall–Kier alpha value is -3.49. The molecule has 0 unspecified atom stereocenters. The van der Waals surface area contributed by atoms with Crippen LogP contribution in [0.1, 0.15) is 16.1 Å². The lowest BCUT2D eigenvalue weighted by Gasteiger charge is -2.09. The summed E-state index contributed by atoms with van der Waals surface area (Å²) in [4.78, 5) is 20.1. The molecule has 0 spiro atoms. The van der Waals surface area contributed by atoms with Gasteiger partial charge in [0.1, 0.15) is 11.5 Å². The van der Waals surface area contributed by atoms with Crippen molar-refractivity contribution in [3.05, 3.63) is 83.2 Å². The Labute approximate surface area is 157 Å². The summed E-state index contributed by atoms with van der Waals surface area (Å²) in [6, 6.07) is 9.19. The van der Waals surface area contributed by atoms with E-state index in [1.165, 1.54) is 18.3 Å². The molecule has 0 aliphatic rings. The number of halogens is 4. The summed E-state index contributed by atoms with van der Waals surface area (Å²) in [7, 11) is 0. The van der Waals surface area contributed by atoms with E-state index in [1.807, 2.05) is 0 Å². The van der Waals surface area contributed by atoms with Crippen LogP contribution < -0.4 is 10.6 Å². The van der Waals surface area contributed by atoms with Gasteiger partial charge in [0, 0.05) is 12.7 Å². The zero-order valence-electron chi connectivity index (χ0n) is 14.3. The molecule has 5 nitrogen and oxygen atoms in total. The standard InChI is InChI=1S/C19H14F4N4O/c20-12-4-2-1-3-11(12)7-9-24-19-25-10-8-15(27-19)18(28)26-14-6-5-13(21)16(22)17(14)23/h1-6,8,10H,7,9H2,(H,26,28)(H,24,25,27). The van der Waals surface area contributed by atoms with E-state index in [2.05, 4.69) is 20.6 Å². The van der Waals surface area contributed by atoms with Crippen LogP contribution in [0.25, 0.3) is 0 Å². The van der Waals surface area contributed by atoms with Crippen LogP contribution in [0, 0.1) is 23.3 Å². The lowest BCUT2D eigenvalue weighted by atomic mass is 10.1. The predicted octanol–water partition coefficient (Wildman–Crippen LogP) is 3.94. The monoisotopic (exact) mass is 390 g/mol. The smallest absolute Gasteiger partial charge is 0.274 e. The first-order chi connectivity index (χ1) is 13.5. The third kappa shape index (κ3) is 4.43. The number of hydrogen-bond acceptors (Lipinski definition) is 4. The van der Waals surface area contributed by atoms with E-state index in [-0.39, 0.29) is 17.5 Å². The number of nitrogens with zero attached hydrogens (tertiary/aromatic N) is 2. The van der Waals surface area contributed by atoms with Crippen molar-refractivity contribution < 1.29 is 22.4 Å². The molecular weight excluding hydrogens is 376 g/mol. The highest BCUT2D eigenvalue weighted by Gasteiger charge is 2.17. The van der Waals surface area contributed by atoms with E-state index in [9.17, 15) is 22.4 Å². The molecule has 3 rings (SSSR count). The molecule has 144 valence electrons. The SMILES string of the molecule is O=C(Nc1ccc(F)c(F)c1F)c1ccnc(NCCc2ccccc2F)n1. The molecule has 0 saturated carbocycles. The molecule has 9 heteroatoms. The summed E-state index contributed by atoms with van der Waals surface area (Å²) >= 11 is 0. The van der Waals surface area contributed by atoms with Gasteiger partial charge in [0.15, 0.2) is 17.5 Å². The molecule has 0 radical (unpaired) electrons. The Kier molecular flexibility index (Phi) is 5.83. The molecule has 1 amide bonds. The van der Waals surface area contributed by atoms with Crippen molar-refractivity contribution in [3.8, 4) is 0 Å². The number of carbonyl (C=O) groups is 1. The van der Waals surface area contributed by atoms with Crippen LogP contribution in [0.2, 0.25) is 0 Å². The summed E-state index contributed by atoms with van der Waals surface area (Å²) in [6.07, 6.45) is 1.67. The Morgan fingerprint density at radius 2 is 1.71 bits per heavy atom. The quantitative estimate of drug-likeness (QED) is 0.494. The summed E-state index contributed by atoms with van der Waals surface area (Å²) in [5.41, 5.74) is -0.123. The first-order valence-corrected chi connectivity index (χ1v) is 8.21. The maximum absolute atomic E-state index is 13.7. The fraction of sp³-hybridized carbons (Fsp3) is 0.105. The molecule has 0 aliphatic heterocycles. The molecule has 3 aromatic rings. The molecule has 0 bridgehead atoms. The van der Waals surface area contributed by atoms with Gasteiger partial charge in [0.2, 0.25) is 5.95 Å². The van der Waals surface area contributed by atoms with Crippen molar-refractivity contribution in [2.45, 2.75) is 6.42 Å². The normalized spacial score (nSPS) is 10.6. The molecule has 1 aromatic heterocycles. The average Bonchev–Trinajstić information content (AvgIpc) is 2.70. The lowest BCUT2D eigenvalue weighted by molar-refractivity contribution is 0.102. The van der Waals surface area contributed by atoms with E-state index in [0.717, 1.165) is 6.07 Å². The Balaban J connectivity index is 1.65. The highest BCUT2D eigenvalue weighted by Crippen LogP contribution is 2.20. The molecule has 2 aromatic carbocycles. The molecule has 0 fully saturated rings. The molecule has 1 heterocycles. The van der Waals surface area contributed by atoms with Crippen LogP contribution in [0.3, 0.4) is 0 Å². The molecule has 0 saturated heterocycles. The zero-order valence-corrected chi connectivity index (χ0v) is 14.3. The van der Waals surface area contributed by atoms with Gasteiger partial charge in [-0.05, 0) is 36.2 Å². The zero-order chi connectivity index (χ0) is 20.1. The second-order valence-corrected chi connectivity index (χ2v) is 5.71. The minimum atomic E-state index is -1.68. The Morgan fingerprint density at radius 1 is 0.929 bits per heavy atom. The topological polar surface area (TPSA) is 66.9 Å². The number of anilines is 2. The van der Waals surface area contributed by atoms with Crippen molar-refractivity contribution >= 4 is 17.5 Å². The fourth-order valence-electron chi connectivity index (χ4n) is 2.39. The Morgan fingerprint density at radius 3 is 2.50 bits per heavy atom. The van der Waals surface area contributed by atoms with Gasteiger partial charge in [-0.3, -0.25) is 4.79 Å². The van der Waals surface area contributed by atoms with Crippen LogP contribution in [0.15, 0.2) is 48.7 Å². The summed E-state index contributed by atoms with van der Waals surface area (Å²) in [5, 5.41) is 4.98. The average molecular weight is 390 g/mol. The largest absolute Gasteiger partial charge is 0.354 e. The number of carbonyl (C=O) groups excluding carboxylic acids is 1. The van der Waals surface area contributed by atoms with Crippen molar-refractivity contribution in [2.75, 3.05) is 17.2 Å². The van der Waals surface area contributed by atoms with E-state index in [1.54, 1.807) is 18.2 Å². The summed E-state index contributed by atoms with van der Waals surface area (Å²) < 4.78 is 53.5. The molecule has 0 atom stereocenters. The highest BCUT2D eigenvalue weighted by atomic mass is 19.2. The summed E-state index contributed by atoms with van der Waals surface area (Å²) in [5.74, 6) is -5.60.